The molecule has 3 fully saturated rings. The number of hydrogen-bond donors (Lipinski definition) is 1. The van der Waals surface area contributed by atoms with Crippen molar-refractivity contribution in [1.82, 2.24) is 10.2 Å². The largest absolute Gasteiger partial charge is 0.466 e. The van der Waals surface area contributed by atoms with Crippen LogP contribution in [0.1, 0.15) is 151 Å². The highest BCUT2D eigenvalue weighted by Gasteiger charge is 2.59. The van der Waals surface area contributed by atoms with Crippen molar-refractivity contribution in [3.8, 4) is 0 Å². The molecule has 2 amide bonds. The van der Waals surface area contributed by atoms with E-state index < -0.39 is 0 Å². The molecule has 0 bridgehead atoms. The van der Waals surface area contributed by atoms with E-state index in [0.717, 1.165) is 74.0 Å². The average molecular weight is 671 g/mol. The van der Waals surface area contributed by atoms with Gasteiger partial charge in [0.1, 0.15) is 6.10 Å². The molecule has 0 heterocycles. The molecule has 1 N–H and O–H groups in total. The van der Waals surface area contributed by atoms with Crippen molar-refractivity contribution in [2.75, 3.05) is 26.2 Å². The van der Waals surface area contributed by atoms with Crippen molar-refractivity contribution in [1.29, 1.82) is 0 Å². The van der Waals surface area contributed by atoms with Crippen LogP contribution < -0.4 is 5.32 Å². The fraction of sp³-hybridized carbons (Fsp3) is 0.878. The van der Waals surface area contributed by atoms with Gasteiger partial charge in [0.05, 0.1) is 13.0 Å². The van der Waals surface area contributed by atoms with E-state index in [1.54, 1.807) is 17.4 Å². The number of carbonyl (C=O) groups is 3. The summed E-state index contributed by atoms with van der Waals surface area (Å²) in [6.45, 7) is 18.1. The van der Waals surface area contributed by atoms with E-state index in [-0.39, 0.29) is 35.9 Å². The lowest BCUT2D eigenvalue weighted by molar-refractivity contribution is -0.144. The van der Waals surface area contributed by atoms with Gasteiger partial charge in [0.2, 0.25) is 5.91 Å². The summed E-state index contributed by atoms with van der Waals surface area (Å²) in [5, 5.41) is 2.96. The number of allylic oxidation sites excluding steroid dienone is 1. The normalized spacial score (nSPS) is 31.6. The molecule has 0 spiro atoms. The highest BCUT2D eigenvalue weighted by molar-refractivity contribution is 5.77. The van der Waals surface area contributed by atoms with Crippen molar-refractivity contribution in [3.05, 3.63) is 11.6 Å². The summed E-state index contributed by atoms with van der Waals surface area (Å²) in [5.74, 6) is 4.80. The molecule has 0 radical (unpaired) electrons. The van der Waals surface area contributed by atoms with Crippen LogP contribution in [0.15, 0.2) is 11.6 Å². The Kier molecular flexibility index (Phi) is 14.3. The number of carbonyl (C=O) groups excluding carboxylic acids is 3. The Hall–Kier alpha value is -2.05. The first-order valence-electron chi connectivity index (χ1n) is 20.0. The fourth-order valence-electron chi connectivity index (χ4n) is 10.8. The molecule has 3 saturated carbocycles. The van der Waals surface area contributed by atoms with Crippen molar-refractivity contribution in [2.24, 2.45) is 46.3 Å². The molecule has 8 unspecified atom stereocenters. The van der Waals surface area contributed by atoms with E-state index in [9.17, 15) is 14.4 Å². The zero-order chi connectivity index (χ0) is 34.9. The number of alkyl carbamates (subject to hydrolysis) is 1. The van der Waals surface area contributed by atoms with E-state index in [1.165, 1.54) is 51.4 Å². The molecule has 4 aliphatic carbocycles. The number of rotatable bonds is 17. The summed E-state index contributed by atoms with van der Waals surface area (Å²) < 4.78 is 10.9. The number of nitrogens with one attached hydrogen (secondary N) is 1. The van der Waals surface area contributed by atoms with Gasteiger partial charge in [-0.05, 0) is 118 Å². The molecule has 7 heteroatoms. The lowest BCUT2D eigenvalue weighted by Gasteiger charge is -2.58. The number of fused-ring (bicyclic) bond motifs is 5. The minimum atomic E-state index is -0.307. The molecule has 4 aliphatic rings. The van der Waals surface area contributed by atoms with E-state index in [0.29, 0.717) is 38.1 Å². The third-order valence-corrected chi connectivity index (χ3v) is 13.5. The zero-order valence-corrected chi connectivity index (χ0v) is 31.7. The maximum atomic E-state index is 12.7. The number of nitrogens with zero attached hydrogens (tertiary/aromatic N) is 1. The first kappa shape index (κ1) is 38.7. The number of esters is 1. The van der Waals surface area contributed by atoms with Gasteiger partial charge >= 0.3 is 12.1 Å². The third-order valence-electron chi connectivity index (χ3n) is 13.5. The van der Waals surface area contributed by atoms with Crippen LogP contribution in [0.5, 0.6) is 0 Å². The molecule has 8 atom stereocenters. The van der Waals surface area contributed by atoms with Gasteiger partial charge in [0.15, 0.2) is 0 Å². The van der Waals surface area contributed by atoms with Crippen LogP contribution in [-0.4, -0.2) is 55.2 Å². The highest BCUT2D eigenvalue weighted by Crippen LogP contribution is 2.67. The topological polar surface area (TPSA) is 84.9 Å². The summed E-state index contributed by atoms with van der Waals surface area (Å²) in [6.07, 6.45) is 19.3. The Morgan fingerprint density at radius 2 is 1.73 bits per heavy atom. The Balaban J connectivity index is 1.17. The number of hydrogen-bond acceptors (Lipinski definition) is 5. The Bertz CT molecular complexity index is 1100. The van der Waals surface area contributed by atoms with Gasteiger partial charge in [0.25, 0.3) is 0 Å². The van der Waals surface area contributed by atoms with Crippen molar-refractivity contribution in [2.45, 2.75) is 157 Å². The smallest absolute Gasteiger partial charge is 0.407 e. The maximum absolute atomic E-state index is 12.7. The molecular formula is C41H70N2O5. The van der Waals surface area contributed by atoms with Crippen LogP contribution in [0.2, 0.25) is 0 Å². The van der Waals surface area contributed by atoms with Crippen LogP contribution in [-0.2, 0) is 19.1 Å². The minimum absolute atomic E-state index is 0.0375. The quantitative estimate of drug-likeness (QED) is 0.0947. The van der Waals surface area contributed by atoms with Gasteiger partial charge in [-0.3, -0.25) is 9.59 Å². The molecule has 0 aromatic heterocycles. The molecule has 7 nitrogen and oxygen atoms in total. The molecule has 0 aliphatic heterocycles. The van der Waals surface area contributed by atoms with Gasteiger partial charge < -0.3 is 19.7 Å². The first-order chi connectivity index (χ1) is 22.9. The summed E-state index contributed by atoms with van der Waals surface area (Å²) in [6, 6.07) is 0. The monoisotopic (exact) mass is 671 g/mol. The van der Waals surface area contributed by atoms with Gasteiger partial charge in [-0.2, -0.15) is 0 Å². The molecule has 0 aromatic carbocycles. The third kappa shape index (κ3) is 9.38. The van der Waals surface area contributed by atoms with E-state index in [4.69, 9.17) is 9.47 Å². The zero-order valence-electron chi connectivity index (χ0n) is 31.7. The lowest BCUT2D eigenvalue weighted by atomic mass is 9.47. The maximum Gasteiger partial charge on any atom is 0.407 e. The highest BCUT2D eigenvalue weighted by atomic mass is 16.6. The van der Waals surface area contributed by atoms with Crippen LogP contribution in [0.4, 0.5) is 4.79 Å². The second kappa shape index (κ2) is 17.7. The predicted molar refractivity (Wildman–Crippen MR) is 193 cm³/mol. The average Bonchev–Trinajstić information content (AvgIpc) is 3.40. The molecule has 0 saturated heterocycles. The van der Waals surface area contributed by atoms with Gasteiger partial charge in [-0.1, -0.05) is 72.0 Å². The Morgan fingerprint density at radius 3 is 2.46 bits per heavy atom. The predicted octanol–water partition coefficient (Wildman–Crippen LogP) is 9.48. The van der Waals surface area contributed by atoms with Crippen molar-refractivity contribution in [3.63, 3.8) is 0 Å². The summed E-state index contributed by atoms with van der Waals surface area (Å²) in [4.78, 5) is 38.6. The number of ether oxygens (including phenoxy) is 2. The summed E-state index contributed by atoms with van der Waals surface area (Å²) >= 11 is 0. The number of unbranched alkanes of at least 4 members (excludes halogenated alkanes) is 2. The van der Waals surface area contributed by atoms with Gasteiger partial charge in [0, 0.05) is 32.5 Å². The van der Waals surface area contributed by atoms with Gasteiger partial charge in [-0.25, -0.2) is 4.79 Å². The molecule has 0 aromatic rings. The minimum Gasteiger partial charge on any atom is -0.466 e. The van der Waals surface area contributed by atoms with Crippen LogP contribution in [0.25, 0.3) is 0 Å². The molecular weight excluding hydrogens is 600 g/mol. The lowest BCUT2D eigenvalue weighted by Crippen LogP contribution is -2.51. The second-order valence-corrected chi connectivity index (χ2v) is 16.8. The van der Waals surface area contributed by atoms with Gasteiger partial charge in [-0.15, -0.1) is 0 Å². The van der Waals surface area contributed by atoms with Crippen LogP contribution in [0.3, 0.4) is 0 Å². The van der Waals surface area contributed by atoms with E-state index in [2.05, 4.69) is 46.0 Å². The molecule has 274 valence electrons. The van der Waals surface area contributed by atoms with Crippen molar-refractivity contribution >= 4 is 18.0 Å². The second-order valence-electron chi connectivity index (χ2n) is 16.8. The Morgan fingerprint density at radius 1 is 0.938 bits per heavy atom. The van der Waals surface area contributed by atoms with E-state index >= 15 is 0 Å². The Labute approximate surface area is 293 Å². The number of amides is 2. The summed E-state index contributed by atoms with van der Waals surface area (Å²) in [5.41, 5.74) is 2.32. The van der Waals surface area contributed by atoms with Crippen LogP contribution >= 0.6 is 0 Å². The fourth-order valence-corrected chi connectivity index (χ4v) is 10.8. The van der Waals surface area contributed by atoms with Crippen LogP contribution in [0, 0.1) is 46.3 Å². The first-order valence-corrected chi connectivity index (χ1v) is 20.0. The molecule has 4 rings (SSSR count). The molecule has 48 heavy (non-hydrogen) atoms. The van der Waals surface area contributed by atoms with Crippen molar-refractivity contribution < 1.29 is 23.9 Å². The standard InChI is InChI=1S/C41H70N2O5/c1-8-43(27-23-38(45)47-9-2)37(44)16-11-10-12-26-42-39(46)48-32-21-24-40(6)31(28-32)17-18-33-35-20-19-34(30(5)15-13-14-29(3)4)41(35,7)25-22-36(33)40/h17,29-30,32-36H,8-16,18-28H2,1-7H3,(H,42,46). The summed E-state index contributed by atoms with van der Waals surface area (Å²) in [7, 11) is 0. The van der Waals surface area contributed by atoms with E-state index in [1.807, 2.05) is 6.92 Å². The SMILES string of the molecule is CCOC(=O)CCN(CC)C(=O)CCCCCNC(=O)OC1CCC2(C)C(=CCC3C2CCC2(C)C(C(C)CCCC(C)C)CCC32)C1.